The maximum atomic E-state index is 10.9. The van der Waals surface area contributed by atoms with Gasteiger partial charge in [0.2, 0.25) is 4.34 Å². The number of aromatic nitrogens is 1. The minimum Gasteiger partial charge on any atom is -0.280 e. The van der Waals surface area contributed by atoms with Gasteiger partial charge in [0.1, 0.15) is 0 Å². The lowest BCUT2D eigenvalue weighted by Gasteiger charge is -1.95. The maximum absolute atomic E-state index is 10.9. The molecular formula is C9H9NO3S2. The lowest BCUT2D eigenvalue weighted by atomic mass is 10.1. The molecule has 0 saturated heterocycles. The summed E-state index contributed by atoms with van der Waals surface area (Å²) in [6, 6.07) is 5.55. The summed E-state index contributed by atoms with van der Waals surface area (Å²) in [5.74, 6) is 0. The Morgan fingerprint density at radius 1 is 1.47 bits per heavy atom. The van der Waals surface area contributed by atoms with Crippen molar-refractivity contribution in [3.8, 4) is 0 Å². The highest BCUT2D eigenvalue weighted by Crippen LogP contribution is 2.27. The number of hydrogen-bond acceptors (Lipinski definition) is 4. The van der Waals surface area contributed by atoms with Crippen molar-refractivity contribution in [1.82, 2.24) is 4.98 Å². The summed E-state index contributed by atoms with van der Waals surface area (Å²) in [4.78, 5) is 3.94. The molecule has 2 rings (SSSR count). The number of nitrogens with zero attached hydrogens (tertiary/aromatic N) is 1. The molecule has 2 aromatic rings. The van der Waals surface area contributed by atoms with Gasteiger partial charge in [-0.2, -0.15) is 8.42 Å². The van der Waals surface area contributed by atoms with Crippen LogP contribution in [0.3, 0.4) is 0 Å². The molecule has 0 saturated carbocycles. The number of aryl methyl sites for hydroxylation is 1. The third-order valence-electron chi connectivity index (χ3n) is 2.08. The Balaban J connectivity index is 2.76. The second kappa shape index (κ2) is 3.55. The van der Waals surface area contributed by atoms with E-state index in [1.807, 2.05) is 19.1 Å². The van der Waals surface area contributed by atoms with Crippen molar-refractivity contribution in [3.63, 3.8) is 0 Å². The van der Waals surface area contributed by atoms with Crippen LogP contribution >= 0.6 is 11.3 Å². The Morgan fingerprint density at radius 3 is 2.80 bits per heavy atom. The minimum atomic E-state index is -4.18. The molecule has 1 aromatic heterocycles. The SMILES string of the molecule is CCc1cccc2sc(S(=O)(=O)O)nc12. The van der Waals surface area contributed by atoms with Gasteiger partial charge in [-0.15, -0.1) is 11.3 Å². The first-order chi connectivity index (χ1) is 7.02. The summed E-state index contributed by atoms with van der Waals surface area (Å²) >= 11 is 0.985. The molecular weight excluding hydrogens is 234 g/mol. The van der Waals surface area contributed by atoms with E-state index >= 15 is 0 Å². The van der Waals surface area contributed by atoms with Gasteiger partial charge < -0.3 is 0 Å². The molecule has 0 radical (unpaired) electrons. The fourth-order valence-electron chi connectivity index (χ4n) is 1.38. The van der Waals surface area contributed by atoms with Crippen LogP contribution in [-0.4, -0.2) is 18.0 Å². The monoisotopic (exact) mass is 243 g/mol. The number of para-hydroxylation sites is 1. The molecule has 0 bridgehead atoms. The lowest BCUT2D eigenvalue weighted by molar-refractivity contribution is 0.482. The van der Waals surface area contributed by atoms with E-state index in [-0.39, 0.29) is 4.34 Å². The average Bonchev–Trinajstić information content (AvgIpc) is 2.59. The van der Waals surface area contributed by atoms with Gasteiger partial charge in [0.15, 0.2) is 0 Å². The molecule has 1 heterocycles. The van der Waals surface area contributed by atoms with Gasteiger partial charge >= 0.3 is 10.1 Å². The van der Waals surface area contributed by atoms with Crippen molar-refractivity contribution in [3.05, 3.63) is 23.8 Å². The molecule has 4 nitrogen and oxygen atoms in total. The third kappa shape index (κ3) is 1.88. The molecule has 0 unspecified atom stereocenters. The molecule has 0 atom stereocenters. The van der Waals surface area contributed by atoms with Crippen LogP contribution in [0.1, 0.15) is 12.5 Å². The zero-order valence-corrected chi connectivity index (χ0v) is 9.60. The predicted molar refractivity (Wildman–Crippen MR) is 58.8 cm³/mol. The molecule has 0 spiro atoms. The quantitative estimate of drug-likeness (QED) is 0.820. The predicted octanol–water partition coefficient (Wildman–Crippen LogP) is 2.11. The van der Waals surface area contributed by atoms with E-state index in [9.17, 15) is 8.42 Å². The topological polar surface area (TPSA) is 67.3 Å². The fourth-order valence-corrected chi connectivity index (χ4v) is 3.02. The van der Waals surface area contributed by atoms with Gasteiger partial charge in [0.25, 0.3) is 0 Å². The Morgan fingerprint density at radius 2 is 2.20 bits per heavy atom. The smallest absolute Gasteiger partial charge is 0.280 e. The second-order valence-corrected chi connectivity index (χ2v) is 5.70. The van der Waals surface area contributed by atoms with E-state index in [1.54, 1.807) is 6.07 Å². The van der Waals surface area contributed by atoms with Gasteiger partial charge in [0, 0.05) is 0 Å². The van der Waals surface area contributed by atoms with Crippen LogP contribution in [0.2, 0.25) is 0 Å². The van der Waals surface area contributed by atoms with Crippen LogP contribution in [-0.2, 0) is 16.5 Å². The number of rotatable bonds is 2. The number of fused-ring (bicyclic) bond motifs is 1. The fraction of sp³-hybridized carbons (Fsp3) is 0.222. The zero-order chi connectivity index (χ0) is 11.1. The Kier molecular flexibility index (Phi) is 2.49. The van der Waals surface area contributed by atoms with E-state index in [0.29, 0.717) is 5.52 Å². The van der Waals surface area contributed by atoms with Crippen LogP contribution in [0.25, 0.3) is 10.2 Å². The molecule has 0 aliphatic heterocycles. The summed E-state index contributed by atoms with van der Waals surface area (Å²) in [6.45, 7) is 1.97. The summed E-state index contributed by atoms with van der Waals surface area (Å²) in [5, 5.41) is 0. The first kappa shape index (κ1) is 10.5. The van der Waals surface area contributed by atoms with Crippen LogP contribution in [0.5, 0.6) is 0 Å². The summed E-state index contributed by atoms with van der Waals surface area (Å²) in [6.07, 6.45) is 0.784. The molecule has 0 fully saturated rings. The zero-order valence-electron chi connectivity index (χ0n) is 7.97. The first-order valence-corrected chi connectivity index (χ1v) is 6.64. The van der Waals surface area contributed by atoms with Crippen LogP contribution in [0.4, 0.5) is 0 Å². The summed E-state index contributed by atoms with van der Waals surface area (Å²) < 4.78 is 31.2. The highest BCUT2D eigenvalue weighted by Gasteiger charge is 2.16. The van der Waals surface area contributed by atoms with E-state index in [1.165, 1.54) is 0 Å². The maximum Gasteiger partial charge on any atom is 0.322 e. The van der Waals surface area contributed by atoms with Crippen LogP contribution in [0, 0.1) is 0 Å². The minimum absolute atomic E-state index is 0.238. The number of thiazole rings is 1. The van der Waals surface area contributed by atoms with E-state index in [2.05, 4.69) is 4.98 Å². The Hall–Kier alpha value is -0.980. The standard InChI is InChI=1S/C9H9NO3S2/c1-2-6-4-3-5-7-8(6)10-9(14-7)15(11,12)13/h3-5H,2H2,1H3,(H,11,12,13). The van der Waals surface area contributed by atoms with Gasteiger partial charge in [-0.25, -0.2) is 4.98 Å². The van der Waals surface area contributed by atoms with Crippen LogP contribution in [0.15, 0.2) is 22.5 Å². The van der Waals surface area contributed by atoms with Crippen molar-refractivity contribution in [2.45, 2.75) is 17.7 Å². The molecule has 0 aliphatic carbocycles. The Labute approximate surface area is 91.3 Å². The van der Waals surface area contributed by atoms with Gasteiger partial charge in [-0.1, -0.05) is 19.1 Å². The highest BCUT2D eigenvalue weighted by atomic mass is 32.3. The molecule has 15 heavy (non-hydrogen) atoms. The summed E-state index contributed by atoms with van der Waals surface area (Å²) in [7, 11) is -4.18. The lowest BCUT2D eigenvalue weighted by Crippen LogP contribution is -1.96. The van der Waals surface area contributed by atoms with Gasteiger partial charge in [-0.3, -0.25) is 4.55 Å². The Bertz CT molecular complexity index is 601. The van der Waals surface area contributed by atoms with Crippen molar-refractivity contribution < 1.29 is 13.0 Å². The largest absolute Gasteiger partial charge is 0.322 e. The van der Waals surface area contributed by atoms with Crippen molar-refractivity contribution >= 4 is 31.7 Å². The van der Waals surface area contributed by atoms with E-state index in [0.717, 1.165) is 28.0 Å². The highest BCUT2D eigenvalue weighted by molar-refractivity contribution is 7.88. The number of hydrogen-bond donors (Lipinski definition) is 1. The number of benzene rings is 1. The van der Waals surface area contributed by atoms with E-state index in [4.69, 9.17) is 4.55 Å². The van der Waals surface area contributed by atoms with Gasteiger partial charge in [-0.05, 0) is 18.1 Å². The second-order valence-electron chi connectivity index (χ2n) is 3.07. The molecule has 0 aliphatic rings. The molecule has 6 heteroatoms. The van der Waals surface area contributed by atoms with Crippen molar-refractivity contribution in [2.24, 2.45) is 0 Å². The van der Waals surface area contributed by atoms with Gasteiger partial charge in [0.05, 0.1) is 10.2 Å². The molecule has 80 valence electrons. The molecule has 1 N–H and O–H groups in total. The van der Waals surface area contributed by atoms with Crippen molar-refractivity contribution in [2.75, 3.05) is 0 Å². The summed E-state index contributed by atoms with van der Waals surface area (Å²) in [5.41, 5.74) is 1.65. The van der Waals surface area contributed by atoms with Crippen molar-refractivity contribution in [1.29, 1.82) is 0 Å². The third-order valence-corrected chi connectivity index (χ3v) is 4.31. The van der Waals surface area contributed by atoms with E-state index < -0.39 is 10.1 Å². The molecule has 1 aromatic carbocycles. The average molecular weight is 243 g/mol. The first-order valence-electron chi connectivity index (χ1n) is 4.38. The normalized spacial score (nSPS) is 12.1. The molecule has 0 amide bonds. The van der Waals surface area contributed by atoms with Crippen LogP contribution < -0.4 is 0 Å².